The van der Waals surface area contributed by atoms with E-state index in [1.54, 1.807) is 0 Å². The summed E-state index contributed by atoms with van der Waals surface area (Å²) in [6, 6.07) is 15.7. The molecular weight excluding hydrogens is 560 g/mol. The van der Waals surface area contributed by atoms with Gasteiger partial charge in [-0.3, -0.25) is 4.79 Å². The van der Waals surface area contributed by atoms with E-state index in [4.69, 9.17) is 9.72 Å². The second kappa shape index (κ2) is 11.0. The van der Waals surface area contributed by atoms with Gasteiger partial charge in [-0.25, -0.2) is 9.78 Å². The normalized spacial score (nSPS) is 14.9. The van der Waals surface area contributed by atoms with Gasteiger partial charge in [0.25, 0.3) is 5.91 Å². The van der Waals surface area contributed by atoms with Crippen molar-refractivity contribution in [2.45, 2.75) is 59.5 Å². The van der Waals surface area contributed by atoms with Gasteiger partial charge in [0.05, 0.1) is 28.4 Å². The van der Waals surface area contributed by atoms with Gasteiger partial charge in [-0.1, -0.05) is 53.0 Å². The van der Waals surface area contributed by atoms with E-state index in [0.29, 0.717) is 22.0 Å². The molecule has 4 aromatic rings. The molecule has 2 aromatic carbocycles. The number of carbonyl (C=O) groups excluding carboxylic acids is 2. The lowest BCUT2D eigenvalue weighted by molar-refractivity contribution is 0.0378. The van der Waals surface area contributed by atoms with Crippen LogP contribution in [0.1, 0.15) is 70.3 Å². The Bertz CT molecular complexity index is 1540. The number of nitrogens with zero attached hydrogens (tertiary/aromatic N) is 1. The number of aromatic nitrogens is 1. The number of rotatable bonds is 6. The molecule has 2 heterocycles. The van der Waals surface area contributed by atoms with Gasteiger partial charge in [-0.05, 0) is 81.8 Å². The molecule has 0 bridgehead atoms. The number of hydrogen-bond donors (Lipinski definition) is 1. The molecule has 0 saturated heterocycles. The number of pyridine rings is 1. The van der Waals surface area contributed by atoms with E-state index in [1.807, 2.05) is 63.2 Å². The number of carbonyl (C=O) groups is 2. The highest BCUT2D eigenvalue weighted by molar-refractivity contribution is 9.10. The van der Waals surface area contributed by atoms with Gasteiger partial charge in [-0.15, -0.1) is 11.3 Å². The van der Waals surface area contributed by atoms with Gasteiger partial charge >= 0.3 is 5.97 Å². The van der Waals surface area contributed by atoms with Crippen molar-refractivity contribution in [3.8, 4) is 11.3 Å². The molecule has 0 radical (unpaired) electrons. The molecule has 2 aromatic heterocycles. The molecular formula is C31H31BrN2O3S. The van der Waals surface area contributed by atoms with Gasteiger partial charge in [0.1, 0.15) is 5.00 Å². The van der Waals surface area contributed by atoms with E-state index < -0.39 is 0 Å². The molecule has 1 aliphatic rings. The van der Waals surface area contributed by atoms with E-state index >= 15 is 0 Å². The number of fused-ring (bicyclic) bond motifs is 2. The Labute approximate surface area is 235 Å². The van der Waals surface area contributed by atoms with Crippen LogP contribution in [0.2, 0.25) is 0 Å². The minimum atomic E-state index is -0.370. The number of amides is 1. The van der Waals surface area contributed by atoms with E-state index in [1.165, 1.54) is 16.2 Å². The average molecular weight is 592 g/mol. The number of halogens is 1. The molecule has 7 heteroatoms. The van der Waals surface area contributed by atoms with Crippen LogP contribution in [-0.4, -0.2) is 23.0 Å². The largest absolute Gasteiger partial charge is 0.459 e. The molecule has 38 heavy (non-hydrogen) atoms. The average Bonchev–Trinajstić information content (AvgIpc) is 3.24. The van der Waals surface area contributed by atoms with Crippen LogP contribution in [0, 0.1) is 12.8 Å². The zero-order valence-corrected chi connectivity index (χ0v) is 24.5. The lowest BCUT2D eigenvalue weighted by Gasteiger charge is -2.21. The van der Waals surface area contributed by atoms with Crippen molar-refractivity contribution in [2.75, 3.05) is 5.32 Å². The van der Waals surface area contributed by atoms with Gasteiger partial charge in [0.15, 0.2) is 0 Å². The summed E-state index contributed by atoms with van der Waals surface area (Å²) in [6.07, 6.45) is 3.65. The second-order valence-corrected chi connectivity index (χ2v) is 12.2. The molecule has 0 saturated carbocycles. The first kappa shape index (κ1) is 26.6. The lowest BCUT2D eigenvalue weighted by atomic mass is 9.85. The number of aryl methyl sites for hydroxylation is 1. The third-order valence-corrected chi connectivity index (χ3v) is 8.71. The summed E-state index contributed by atoms with van der Waals surface area (Å²) in [6.45, 7) is 7.93. The van der Waals surface area contributed by atoms with Crippen molar-refractivity contribution in [3.63, 3.8) is 0 Å². The molecule has 1 atom stereocenters. The van der Waals surface area contributed by atoms with Crippen molar-refractivity contribution in [1.82, 2.24) is 4.98 Å². The number of hydrogen-bond acceptors (Lipinski definition) is 5. The minimum Gasteiger partial charge on any atom is -0.459 e. The maximum absolute atomic E-state index is 13.9. The molecule has 0 fully saturated rings. The SMILES string of the molecule is CCC1CCc2c(sc(NC(=O)c3cc(-c4cccc(C)c4)nc4ccc(Br)cc34)c2C(=O)OC(C)C)C1. The highest BCUT2D eigenvalue weighted by Crippen LogP contribution is 2.41. The minimum absolute atomic E-state index is 0.244. The fraction of sp³-hybridized carbons (Fsp3) is 0.323. The first-order valence-electron chi connectivity index (χ1n) is 13.1. The fourth-order valence-corrected chi connectivity index (χ4v) is 6.79. The Morgan fingerprint density at radius 2 is 2.00 bits per heavy atom. The van der Waals surface area contributed by atoms with Crippen LogP contribution in [0.3, 0.4) is 0 Å². The Morgan fingerprint density at radius 1 is 1.18 bits per heavy atom. The number of benzene rings is 2. The van der Waals surface area contributed by atoms with Crippen LogP contribution in [0.25, 0.3) is 22.2 Å². The summed E-state index contributed by atoms with van der Waals surface area (Å²) < 4.78 is 6.48. The van der Waals surface area contributed by atoms with E-state index in [9.17, 15) is 9.59 Å². The van der Waals surface area contributed by atoms with Crippen LogP contribution in [-0.2, 0) is 17.6 Å². The first-order chi connectivity index (χ1) is 18.2. The molecule has 1 amide bonds. The summed E-state index contributed by atoms with van der Waals surface area (Å²) in [5.41, 5.74) is 5.58. The van der Waals surface area contributed by atoms with E-state index in [0.717, 1.165) is 63.4 Å². The lowest BCUT2D eigenvalue weighted by Crippen LogP contribution is -2.19. The van der Waals surface area contributed by atoms with Crippen LogP contribution in [0.15, 0.2) is 53.0 Å². The standard InChI is InChI=1S/C31H31BrN2O3S/c1-5-19-9-11-22-27(14-19)38-30(28(22)31(36)37-17(2)3)34-29(35)24-16-26(20-8-6-7-18(4)13-20)33-25-12-10-21(32)15-23(24)25/h6-8,10,12-13,15-17,19H,5,9,11,14H2,1-4H3,(H,34,35). The van der Waals surface area contributed by atoms with Gasteiger partial charge < -0.3 is 10.1 Å². The summed E-state index contributed by atoms with van der Waals surface area (Å²) in [7, 11) is 0. The molecule has 1 aliphatic carbocycles. The fourth-order valence-electron chi connectivity index (χ4n) is 5.09. The van der Waals surface area contributed by atoms with Gasteiger partial charge in [0.2, 0.25) is 0 Å². The third-order valence-electron chi connectivity index (χ3n) is 7.05. The zero-order valence-electron chi connectivity index (χ0n) is 22.1. The Hall–Kier alpha value is -3.03. The van der Waals surface area contributed by atoms with Crippen molar-refractivity contribution in [2.24, 2.45) is 5.92 Å². The van der Waals surface area contributed by atoms with Crippen LogP contribution >= 0.6 is 27.3 Å². The maximum atomic E-state index is 13.9. The summed E-state index contributed by atoms with van der Waals surface area (Å²) in [5, 5.41) is 4.42. The number of ether oxygens (including phenoxy) is 1. The van der Waals surface area contributed by atoms with Crippen LogP contribution in [0.5, 0.6) is 0 Å². The quantitative estimate of drug-likeness (QED) is 0.229. The molecule has 0 spiro atoms. The van der Waals surface area contributed by atoms with Crippen LogP contribution in [0.4, 0.5) is 5.00 Å². The summed E-state index contributed by atoms with van der Waals surface area (Å²) >= 11 is 5.05. The number of thiophene rings is 1. The van der Waals surface area contributed by atoms with E-state index in [2.05, 4.69) is 34.2 Å². The molecule has 1 unspecified atom stereocenters. The summed E-state index contributed by atoms with van der Waals surface area (Å²) in [4.78, 5) is 33.2. The van der Waals surface area contributed by atoms with Crippen molar-refractivity contribution >= 4 is 55.0 Å². The zero-order chi connectivity index (χ0) is 27.0. The van der Waals surface area contributed by atoms with E-state index in [-0.39, 0.29) is 18.0 Å². The molecule has 0 aliphatic heterocycles. The van der Waals surface area contributed by atoms with Gasteiger partial charge in [0, 0.05) is 20.3 Å². The Balaban J connectivity index is 1.59. The predicted octanol–water partition coefficient (Wildman–Crippen LogP) is 8.37. The number of anilines is 1. The van der Waals surface area contributed by atoms with Crippen molar-refractivity contribution in [3.05, 3.63) is 80.1 Å². The monoisotopic (exact) mass is 590 g/mol. The highest BCUT2D eigenvalue weighted by Gasteiger charge is 2.31. The smallest absolute Gasteiger partial charge is 0.341 e. The number of esters is 1. The maximum Gasteiger partial charge on any atom is 0.341 e. The first-order valence-corrected chi connectivity index (χ1v) is 14.7. The molecule has 196 valence electrons. The molecule has 5 rings (SSSR count). The third kappa shape index (κ3) is 5.40. The predicted molar refractivity (Wildman–Crippen MR) is 158 cm³/mol. The van der Waals surface area contributed by atoms with Gasteiger partial charge in [-0.2, -0.15) is 0 Å². The molecule has 5 nitrogen and oxygen atoms in total. The molecule has 1 N–H and O–H groups in total. The van der Waals surface area contributed by atoms with Crippen molar-refractivity contribution in [1.29, 1.82) is 0 Å². The second-order valence-electron chi connectivity index (χ2n) is 10.2. The Morgan fingerprint density at radius 3 is 2.74 bits per heavy atom. The number of nitrogens with one attached hydrogen (secondary N) is 1. The van der Waals surface area contributed by atoms with Crippen molar-refractivity contribution < 1.29 is 14.3 Å². The highest BCUT2D eigenvalue weighted by atomic mass is 79.9. The Kier molecular flexibility index (Phi) is 7.68. The van der Waals surface area contributed by atoms with Crippen LogP contribution < -0.4 is 5.32 Å². The topological polar surface area (TPSA) is 68.3 Å². The summed E-state index contributed by atoms with van der Waals surface area (Å²) in [5.74, 6) is -0.0452.